The van der Waals surface area contributed by atoms with Gasteiger partial charge < -0.3 is 10.6 Å². The number of non-ortho nitro benzene ring substituents is 1. The SMILES string of the molecule is Cc1nn(-c2ccccc2)cc1CCCNC(=O)C(NC(=O)c1ccc([N+](=O)[O-])cc1Cl)C(C)C. The third-order valence-corrected chi connectivity index (χ3v) is 5.90. The van der Waals surface area contributed by atoms with Gasteiger partial charge in [-0.2, -0.15) is 5.10 Å². The van der Waals surface area contributed by atoms with Gasteiger partial charge in [-0.05, 0) is 49.4 Å². The summed E-state index contributed by atoms with van der Waals surface area (Å²) < 4.78 is 1.84. The molecule has 10 heteroatoms. The van der Waals surface area contributed by atoms with Crippen molar-refractivity contribution >= 4 is 29.1 Å². The fourth-order valence-electron chi connectivity index (χ4n) is 3.61. The van der Waals surface area contributed by atoms with Gasteiger partial charge in [0.1, 0.15) is 6.04 Å². The molecule has 1 unspecified atom stereocenters. The van der Waals surface area contributed by atoms with Gasteiger partial charge in [0.2, 0.25) is 5.91 Å². The van der Waals surface area contributed by atoms with E-state index in [2.05, 4.69) is 15.7 Å². The normalized spacial score (nSPS) is 11.8. The molecular weight excluding hydrogens is 470 g/mol. The van der Waals surface area contributed by atoms with Crippen LogP contribution in [0.1, 0.15) is 41.9 Å². The minimum absolute atomic E-state index is 0.0500. The van der Waals surface area contributed by atoms with Crippen LogP contribution in [0, 0.1) is 23.0 Å². The molecule has 3 rings (SSSR count). The second-order valence-corrected chi connectivity index (χ2v) is 8.94. The maximum absolute atomic E-state index is 12.8. The number of rotatable bonds is 10. The number of hydrogen-bond acceptors (Lipinski definition) is 5. The molecule has 0 spiro atoms. The van der Waals surface area contributed by atoms with E-state index in [1.165, 1.54) is 12.1 Å². The lowest BCUT2D eigenvalue weighted by Gasteiger charge is -2.22. The molecule has 1 heterocycles. The molecule has 1 aromatic heterocycles. The molecule has 9 nitrogen and oxygen atoms in total. The van der Waals surface area contributed by atoms with Gasteiger partial charge in [0, 0.05) is 24.9 Å². The van der Waals surface area contributed by atoms with Crippen molar-refractivity contribution in [3.63, 3.8) is 0 Å². The summed E-state index contributed by atoms with van der Waals surface area (Å²) in [5.74, 6) is -1.05. The largest absolute Gasteiger partial charge is 0.354 e. The molecule has 2 amide bonds. The zero-order valence-corrected chi connectivity index (χ0v) is 20.6. The first kappa shape index (κ1) is 25.9. The van der Waals surface area contributed by atoms with Crippen LogP contribution >= 0.6 is 11.6 Å². The third-order valence-electron chi connectivity index (χ3n) is 5.59. The van der Waals surface area contributed by atoms with Gasteiger partial charge in [0.25, 0.3) is 11.6 Å². The van der Waals surface area contributed by atoms with E-state index in [0.29, 0.717) is 13.0 Å². The van der Waals surface area contributed by atoms with E-state index in [-0.39, 0.29) is 28.1 Å². The van der Waals surface area contributed by atoms with Crippen LogP contribution in [-0.4, -0.2) is 39.1 Å². The molecule has 0 aliphatic heterocycles. The fraction of sp³-hybridized carbons (Fsp3) is 0.320. The standard InChI is InChI=1S/C25H28ClN5O4/c1-16(2)23(28-24(32)21-12-11-20(31(34)35)14-22(21)26)25(33)27-13-7-8-18-15-30(29-17(18)3)19-9-5-4-6-10-19/h4-6,9-12,14-16,23H,7-8,13H2,1-3H3,(H,27,33)(H,28,32). The number of hydrogen-bond donors (Lipinski definition) is 2. The summed E-state index contributed by atoms with van der Waals surface area (Å²) in [7, 11) is 0. The first-order chi connectivity index (χ1) is 16.7. The Bertz CT molecular complexity index is 1210. The average Bonchev–Trinajstić information content (AvgIpc) is 3.20. The molecule has 0 aliphatic rings. The van der Waals surface area contributed by atoms with Crippen LogP contribution in [0.5, 0.6) is 0 Å². The lowest BCUT2D eigenvalue weighted by atomic mass is 10.0. The molecule has 184 valence electrons. The Kier molecular flexibility index (Phi) is 8.59. The molecule has 0 radical (unpaired) electrons. The van der Waals surface area contributed by atoms with Crippen LogP contribution in [0.4, 0.5) is 5.69 Å². The van der Waals surface area contributed by atoms with Gasteiger partial charge in [-0.3, -0.25) is 19.7 Å². The highest BCUT2D eigenvalue weighted by molar-refractivity contribution is 6.34. The number of nitrogens with one attached hydrogen (secondary N) is 2. The number of benzene rings is 2. The number of nitrogens with zero attached hydrogens (tertiary/aromatic N) is 3. The van der Waals surface area contributed by atoms with Crippen molar-refractivity contribution < 1.29 is 14.5 Å². The number of nitro benzene ring substituents is 1. The molecule has 1 atom stereocenters. The number of aromatic nitrogens is 2. The number of nitro groups is 1. The van der Waals surface area contributed by atoms with Gasteiger partial charge in [-0.25, -0.2) is 4.68 Å². The van der Waals surface area contributed by atoms with Crippen molar-refractivity contribution in [2.75, 3.05) is 6.54 Å². The lowest BCUT2D eigenvalue weighted by molar-refractivity contribution is -0.384. The topological polar surface area (TPSA) is 119 Å². The van der Waals surface area contributed by atoms with Crippen molar-refractivity contribution in [3.8, 4) is 5.69 Å². The number of para-hydroxylation sites is 1. The predicted molar refractivity (Wildman–Crippen MR) is 134 cm³/mol. The molecule has 0 fully saturated rings. The van der Waals surface area contributed by atoms with E-state index < -0.39 is 16.9 Å². The second kappa shape index (κ2) is 11.6. The molecule has 2 aromatic carbocycles. The van der Waals surface area contributed by atoms with E-state index in [4.69, 9.17) is 11.6 Å². The summed E-state index contributed by atoms with van der Waals surface area (Å²) >= 11 is 6.05. The summed E-state index contributed by atoms with van der Waals surface area (Å²) in [6.07, 6.45) is 3.45. The average molecular weight is 498 g/mol. The highest BCUT2D eigenvalue weighted by Crippen LogP contribution is 2.22. The number of halogens is 1. The van der Waals surface area contributed by atoms with E-state index in [0.717, 1.165) is 29.4 Å². The smallest absolute Gasteiger partial charge is 0.270 e. The Morgan fingerprint density at radius 3 is 2.51 bits per heavy atom. The van der Waals surface area contributed by atoms with Gasteiger partial charge in [-0.15, -0.1) is 0 Å². The molecule has 35 heavy (non-hydrogen) atoms. The number of amides is 2. The zero-order chi connectivity index (χ0) is 25.5. The maximum Gasteiger partial charge on any atom is 0.270 e. The van der Waals surface area contributed by atoms with Gasteiger partial charge in [0.05, 0.1) is 26.9 Å². The third kappa shape index (κ3) is 6.66. The molecule has 0 aliphatic carbocycles. The van der Waals surface area contributed by atoms with Crippen molar-refractivity contribution in [1.82, 2.24) is 20.4 Å². The Labute approximate surface area is 208 Å². The van der Waals surface area contributed by atoms with Crippen molar-refractivity contribution in [2.45, 2.75) is 39.7 Å². The number of aryl methyl sites for hydroxylation is 2. The fourth-order valence-corrected chi connectivity index (χ4v) is 3.87. The molecule has 2 N–H and O–H groups in total. The zero-order valence-electron chi connectivity index (χ0n) is 19.8. The Balaban J connectivity index is 1.55. The number of carbonyl (C=O) groups excluding carboxylic acids is 2. The second-order valence-electron chi connectivity index (χ2n) is 8.53. The van der Waals surface area contributed by atoms with Crippen molar-refractivity contribution in [3.05, 3.63) is 86.7 Å². The lowest BCUT2D eigenvalue weighted by Crippen LogP contribution is -2.50. The monoisotopic (exact) mass is 497 g/mol. The molecule has 0 saturated heterocycles. The quantitative estimate of drug-likeness (QED) is 0.246. The summed E-state index contributed by atoms with van der Waals surface area (Å²) in [6, 6.07) is 12.7. The van der Waals surface area contributed by atoms with Crippen molar-refractivity contribution in [1.29, 1.82) is 0 Å². The summed E-state index contributed by atoms with van der Waals surface area (Å²) in [5, 5.41) is 21.0. The first-order valence-electron chi connectivity index (χ1n) is 11.3. The molecule has 0 bridgehead atoms. The van der Waals surface area contributed by atoms with E-state index >= 15 is 0 Å². The van der Waals surface area contributed by atoms with E-state index in [9.17, 15) is 19.7 Å². The van der Waals surface area contributed by atoms with E-state index in [1.54, 1.807) is 0 Å². The minimum Gasteiger partial charge on any atom is -0.354 e. The highest BCUT2D eigenvalue weighted by Gasteiger charge is 2.25. The first-order valence-corrected chi connectivity index (χ1v) is 11.7. The Morgan fingerprint density at radius 2 is 1.89 bits per heavy atom. The Hall–Kier alpha value is -3.72. The van der Waals surface area contributed by atoms with Gasteiger partial charge in [0.15, 0.2) is 0 Å². The summed E-state index contributed by atoms with van der Waals surface area (Å²) in [5.41, 5.74) is 2.88. The number of carbonyl (C=O) groups is 2. The molecule has 3 aromatic rings. The van der Waals surface area contributed by atoms with E-state index in [1.807, 2.05) is 62.0 Å². The van der Waals surface area contributed by atoms with Gasteiger partial charge >= 0.3 is 0 Å². The molecular formula is C25H28ClN5O4. The van der Waals surface area contributed by atoms with Crippen LogP contribution in [0.3, 0.4) is 0 Å². The predicted octanol–water partition coefficient (Wildman–Crippen LogP) is 4.25. The summed E-state index contributed by atoms with van der Waals surface area (Å²) in [6.45, 7) is 6.04. The molecule has 0 saturated carbocycles. The van der Waals surface area contributed by atoms with Crippen LogP contribution in [0.15, 0.2) is 54.7 Å². The van der Waals surface area contributed by atoms with Crippen LogP contribution < -0.4 is 10.6 Å². The van der Waals surface area contributed by atoms with Crippen molar-refractivity contribution in [2.24, 2.45) is 5.92 Å². The highest BCUT2D eigenvalue weighted by atomic mass is 35.5. The Morgan fingerprint density at radius 1 is 1.17 bits per heavy atom. The minimum atomic E-state index is -0.781. The maximum atomic E-state index is 12.8. The van der Waals surface area contributed by atoms with Crippen LogP contribution in [0.2, 0.25) is 5.02 Å². The summed E-state index contributed by atoms with van der Waals surface area (Å²) in [4.78, 5) is 35.8. The van der Waals surface area contributed by atoms with Crippen LogP contribution in [-0.2, 0) is 11.2 Å². The van der Waals surface area contributed by atoms with Gasteiger partial charge in [-0.1, -0.05) is 43.6 Å². The van der Waals surface area contributed by atoms with Crippen LogP contribution in [0.25, 0.3) is 5.69 Å².